The highest BCUT2D eigenvalue weighted by molar-refractivity contribution is 5.85. The highest BCUT2D eigenvalue weighted by Crippen LogP contribution is 2.16. The van der Waals surface area contributed by atoms with Gasteiger partial charge in [-0.2, -0.15) is 0 Å². The Hall–Kier alpha value is -0.570. The summed E-state index contributed by atoms with van der Waals surface area (Å²) in [5, 5.41) is 0. The van der Waals surface area contributed by atoms with Crippen molar-refractivity contribution in [2.75, 3.05) is 20.1 Å². The Balaban J connectivity index is 0.00000289. The van der Waals surface area contributed by atoms with Crippen molar-refractivity contribution in [1.82, 2.24) is 4.90 Å². The minimum atomic E-state index is 0. The summed E-state index contributed by atoms with van der Waals surface area (Å²) in [5.74, 6) is 0. The maximum absolute atomic E-state index is 5.77. The van der Waals surface area contributed by atoms with Crippen molar-refractivity contribution in [1.29, 1.82) is 0 Å². The molecule has 2 nitrogen and oxygen atoms in total. The lowest BCUT2D eigenvalue weighted by Gasteiger charge is -2.29. The molecule has 1 aromatic carbocycles. The standard InChI is InChI=1S/C15H26N2.ClH/c1-12-6-13(2)8-14(7-12)9-17(5)11-15(3,4)10-16;/h6-8H,9-11,16H2,1-5H3;1H. The summed E-state index contributed by atoms with van der Waals surface area (Å²) < 4.78 is 0. The van der Waals surface area contributed by atoms with Crippen molar-refractivity contribution in [2.45, 2.75) is 34.2 Å². The van der Waals surface area contributed by atoms with Crippen LogP contribution in [0.3, 0.4) is 0 Å². The van der Waals surface area contributed by atoms with Crippen molar-refractivity contribution in [3.05, 3.63) is 34.9 Å². The fourth-order valence-corrected chi connectivity index (χ4v) is 2.32. The molecule has 1 aromatic rings. The van der Waals surface area contributed by atoms with Crippen LogP contribution in [-0.2, 0) is 6.54 Å². The molecule has 0 bridgehead atoms. The predicted octanol–water partition coefficient (Wildman–Crippen LogP) is 3.14. The van der Waals surface area contributed by atoms with Crippen molar-refractivity contribution in [3.8, 4) is 0 Å². The van der Waals surface area contributed by atoms with E-state index in [4.69, 9.17) is 5.73 Å². The fraction of sp³-hybridized carbons (Fsp3) is 0.600. The molecule has 0 aliphatic carbocycles. The number of halogens is 1. The minimum absolute atomic E-state index is 0. The van der Waals surface area contributed by atoms with E-state index in [1.165, 1.54) is 16.7 Å². The first kappa shape index (κ1) is 17.4. The molecule has 0 fully saturated rings. The van der Waals surface area contributed by atoms with Crippen LogP contribution in [0.4, 0.5) is 0 Å². The molecule has 0 unspecified atom stereocenters. The largest absolute Gasteiger partial charge is 0.330 e. The van der Waals surface area contributed by atoms with E-state index in [1.807, 2.05) is 0 Å². The second-order valence-electron chi connectivity index (χ2n) is 6.04. The third-order valence-corrected chi connectivity index (χ3v) is 2.98. The molecule has 104 valence electrons. The van der Waals surface area contributed by atoms with E-state index in [-0.39, 0.29) is 17.8 Å². The van der Waals surface area contributed by atoms with Gasteiger partial charge in [0.25, 0.3) is 0 Å². The van der Waals surface area contributed by atoms with Crippen LogP contribution in [0.15, 0.2) is 18.2 Å². The summed E-state index contributed by atoms with van der Waals surface area (Å²) in [6, 6.07) is 6.74. The van der Waals surface area contributed by atoms with Crippen LogP contribution in [0.2, 0.25) is 0 Å². The van der Waals surface area contributed by atoms with E-state index < -0.39 is 0 Å². The first-order valence-corrected chi connectivity index (χ1v) is 6.28. The van der Waals surface area contributed by atoms with Crippen LogP contribution < -0.4 is 5.73 Å². The number of rotatable bonds is 5. The summed E-state index contributed by atoms with van der Waals surface area (Å²) in [7, 11) is 2.16. The van der Waals surface area contributed by atoms with Gasteiger partial charge in [-0.25, -0.2) is 0 Å². The second kappa shape index (κ2) is 7.13. The highest BCUT2D eigenvalue weighted by Gasteiger charge is 2.18. The summed E-state index contributed by atoms with van der Waals surface area (Å²) in [6.07, 6.45) is 0. The molecule has 0 heterocycles. The summed E-state index contributed by atoms with van der Waals surface area (Å²) >= 11 is 0. The highest BCUT2D eigenvalue weighted by atomic mass is 35.5. The molecule has 0 radical (unpaired) electrons. The molecule has 0 atom stereocenters. The van der Waals surface area contributed by atoms with Gasteiger partial charge in [0.05, 0.1) is 0 Å². The maximum atomic E-state index is 5.77. The zero-order valence-corrected chi connectivity index (χ0v) is 13.1. The maximum Gasteiger partial charge on any atom is 0.0231 e. The Bertz CT molecular complexity index is 355. The lowest BCUT2D eigenvalue weighted by molar-refractivity contribution is 0.210. The number of aryl methyl sites for hydroxylation is 2. The first-order chi connectivity index (χ1) is 7.82. The normalized spacial score (nSPS) is 11.5. The molecule has 0 aliphatic rings. The third-order valence-electron chi connectivity index (χ3n) is 2.98. The van der Waals surface area contributed by atoms with Crippen LogP contribution >= 0.6 is 12.4 Å². The molecule has 0 spiro atoms. The van der Waals surface area contributed by atoms with Crippen LogP contribution in [-0.4, -0.2) is 25.0 Å². The predicted molar refractivity (Wildman–Crippen MR) is 82.3 cm³/mol. The molecule has 0 aliphatic heterocycles. The number of hydrogen-bond acceptors (Lipinski definition) is 2. The lowest BCUT2D eigenvalue weighted by Crippen LogP contribution is -2.36. The molecule has 0 saturated heterocycles. The van der Waals surface area contributed by atoms with Crippen LogP contribution in [0.5, 0.6) is 0 Å². The van der Waals surface area contributed by atoms with Crippen LogP contribution in [0, 0.1) is 19.3 Å². The Morgan fingerprint density at radius 1 is 1.11 bits per heavy atom. The van der Waals surface area contributed by atoms with Gasteiger partial charge in [-0.3, -0.25) is 0 Å². The van der Waals surface area contributed by atoms with Crippen LogP contribution in [0.1, 0.15) is 30.5 Å². The molecule has 2 N–H and O–H groups in total. The zero-order valence-electron chi connectivity index (χ0n) is 12.3. The van der Waals surface area contributed by atoms with Gasteiger partial charge in [-0.05, 0) is 38.4 Å². The molecule has 0 amide bonds. The number of benzene rings is 1. The van der Waals surface area contributed by atoms with Gasteiger partial charge in [-0.15, -0.1) is 12.4 Å². The monoisotopic (exact) mass is 270 g/mol. The fourth-order valence-electron chi connectivity index (χ4n) is 2.32. The summed E-state index contributed by atoms with van der Waals surface area (Å²) in [6.45, 7) is 11.5. The van der Waals surface area contributed by atoms with E-state index in [9.17, 15) is 0 Å². The lowest BCUT2D eigenvalue weighted by atomic mass is 9.93. The smallest absolute Gasteiger partial charge is 0.0231 e. The average molecular weight is 271 g/mol. The second-order valence-corrected chi connectivity index (χ2v) is 6.04. The molecular formula is C15H27ClN2. The number of hydrogen-bond donors (Lipinski definition) is 1. The van der Waals surface area contributed by atoms with Crippen LogP contribution in [0.25, 0.3) is 0 Å². The summed E-state index contributed by atoms with van der Waals surface area (Å²) in [4.78, 5) is 2.35. The third kappa shape index (κ3) is 5.85. The molecular weight excluding hydrogens is 244 g/mol. The Morgan fingerprint density at radius 3 is 2.06 bits per heavy atom. The quantitative estimate of drug-likeness (QED) is 0.891. The molecule has 1 rings (SSSR count). The van der Waals surface area contributed by atoms with Gasteiger partial charge >= 0.3 is 0 Å². The van der Waals surface area contributed by atoms with Gasteiger partial charge in [0.15, 0.2) is 0 Å². The van der Waals surface area contributed by atoms with Crippen molar-refractivity contribution >= 4 is 12.4 Å². The van der Waals surface area contributed by atoms with Gasteiger partial charge in [0, 0.05) is 13.1 Å². The van der Waals surface area contributed by atoms with E-state index in [2.05, 4.69) is 57.8 Å². The van der Waals surface area contributed by atoms with E-state index in [1.54, 1.807) is 0 Å². The number of nitrogens with two attached hydrogens (primary N) is 1. The molecule has 0 saturated carbocycles. The first-order valence-electron chi connectivity index (χ1n) is 6.28. The summed E-state index contributed by atoms with van der Waals surface area (Å²) in [5.41, 5.74) is 10.0. The van der Waals surface area contributed by atoms with Gasteiger partial charge in [0.2, 0.25) is 0 Å². The Labute approximate surface area is 118 Å². The average Bonchev–Trinajstić information content (AvgIpc) is 2.14. The van der Waals surface area contributed by atoms with Crippen molar-refractivity contribution in [2.24, 2.45) is 11.1 Å². The SMILES string of the molecule is Cc1cc(C)cc(CN(C)CC(C)(C)CN)c1.Cl. The van der Waals surface area contributed by atoms with Gasteiger partial charge < -0.3 is 10.6 Å². The van der Waals surface area contributed by atoms with Gasteiger partial charge in [-0.1, -0.05) is 43.2 Å². The molecule has 0 aromatic heterocycles. The van der Waals surface area contributed by atoms with E-state index in [0.29, 0.717) is 0 Å². The number of nitrogens with zero attached hydrogens (tertiary/aromatic N) is 1. The Kier molecular flexibility index (Phi) is 6.90. The Morgan fingerprint density at radius 2 is 1.61 bits per heavy atom. The molecule has 3 heteroatoms. The minimum Gasteiger partial charge on any atom is -0.330 e. The van der Waals surface area contributed by atoms with E-state index in [0.717, 1.165) is 19.6 Å². The van der Waals surface area contributed by atoms with Crippen molar-refractivity contribution in [3.63, 3.8) is 0 Å². The molecule has 18 heavy (non-hydrogen) atoms. The van der Waals surface area contributed by atoms with E-state index >= 15 is 0 Å². The van der Waals surface area contributed by atoms with Crippen molar-refractivity contribution < 1.29 is 0 Å². The van der Waals surface area contributed by atoms with Gasteiger partial charge in [0.1, 0.15) is 0 Å². The topological polar surface area (TPSA) is 29.3 Å². The zero-order chi connectivity index (χ0) is 13.1.